The number of carboxylic acid groups (broad SMARTS) is 1. The van der Waals surface area contributed by atoms with Crippen molar-refractivity contribution in [1.29, 1.82) is 0 Å². The average Bonchev–Trinajstić information content (AvgIpc) is 3.52. The molecule has 2 aromatic carbocycles. The van der Waals surface area contributed by atoms with E-state index in [4.69, 9.17) is 24.3 Å². The molecule has 8 nitrogen and oxygen atoms in total. The first kappa shape index (κ1) is 23.9. The van der Waals surface area contributed by atoms with Crippen molar-refractivity contribution in [2.75, 3.05) is 31.4 Å². The van der Waals surface area contributed by atoms with E-state index in [1.165, 1.54) is 5.56 Å². The van der Waals surface area contributed by atoms with E-state index < -0.39 is 5.97 Å². The van der Waals surface area contributed by atoms with Crippen molar-refractivity contribution in [2.45, 2.75) is 44.9 Å². The maximum Gasteiger partial charge on any atom is 0.303 e. The number of aromatic nitrogens is 2. The molecule has 0 radical (unpaired) electrons. The number of benzene rings is 2. The zero-order chi connectivity index (χ0) is 24.9. The Kier molecular flexibility index (Phi) is 7.21. The molecule has 1 aliphatic carbocycles. The largest absolute Gasteiger partial charge is 0.494 e. The highest BCUT2D eigenvalue weighted by molar-refractivity contribution is 5.68. The van der Waals surface area contributed by atoms with Gasteiger partial charge in [-0.1, -0.05) is 13.0 Å². The third-order valence-electron chi connectivity index (χ3n) is 6.67. The number of fused-ring (bicyclic) bond motifs is 2. The first-order valence-electron chi connectivity index (χ1n) is 12.6. The van der Waals surface area contributed by atoms with Gasteiger partial charge in [0.25, 0.3) is 0 Å². The van der Waals surface area contributed by atoms with Crippen molar-refractivity contribution in [2.24, 2.45) is 0 Å². The molecule has 0 bridgehead atoms. The Labute approximate surface area is 210 Å². The Morgan fingerprint density at radius 1 is 1.14 bits per heavy atom. The van der Waals surface area contributed by atoms with Crippen LogP contribution in [0.4, 0.5) is 5.95 Å². The van der Waals surface area contributed by atoms with Crippen LogP contribution in [0.15, 0.2) is 48.7 Å². The molecular weight excluding hydrogens is 458 g/mol. The molecule has 0 fully saturated rings. The van der Waals surface area contributed by atoms with Gasteiger partial charge < -0.3 is 24.2 Å². The minimum atomic E-state index is -0.741. The number of rotatable bonds is 11. The number of hydrogen-bond acceptors (Lipinski definition) is 7. The van der Waals surface area contributed by atoms with Crippen LogP contribution in [0, 0.1) is 0 Å². The fourth-order valence-electron chi connectivity index (χ4n) is 4.94. The maximum atomic E-state index is 11.1. The summed E-state index contributed by atoms with van der Waals surface area (Å²) in [7, 11) is 0. The van der Waals surface area contributed by atoms with Crippen molar-refractivity contribution in [3.8, 4) is 28.5 Å². The molecule has 3 aromatic rings. The monoisotopic (exact) mass is 489 g/mol. The molecule has 1 atom stereocenters. The molecule has 2 aliphatic rings. The third-order valence-corrected chi connectivity index (χ3v) is 6.67. The van der Waals surface area contributed by atoms with Crippen molar-refractivity contribution < 1.29 is 24.1 Å². The molecule has 0 spiro atoms. The molecule has 0 saturated heterocycles. The number of carboxylic acids is 1. The quantitative estimate of drug-likeness (QED) is 0.374. The van der Waals surface area contributed by atoms with Gasteiger partial charge in [0.1, 0.15) is 5.75 Å². The predicted molar refractivity (Wildman–Crippen MR) is 136 cm³/mol. The summed E-state index contributed by atoms with van der Waals surface area (Å²) in [5.41, 5.74) is 4.17. The summed E-state index contributed by atoms with van der Waals surface area (Å²) in [4.78, 5) is 22.7. The zero-order valence-electron chi connectivity index (χ0n) is 20.5. The molecule has 36 heavy (non-hydrogen) atoms. The summed E-state index contributed by atoms with van der Waals surface area (Å²) in [5, 5.41) is 9.12. The van der Waals surface area contributed by atoms with Crippen LogP contribution >= 0.6 is 0 Å². The molecule has 0 unspecified atom stereocenters. The zero-order valence-corrected chi connectivity index (χ0v) is 20.5. The van der Waals surface area contributed by atoms with Gasteiger partial charge in [0, 0.05) is 24.8 Å². The number of carbonyl (C=O) groups is 1. The van der Waals surface area contributed by atoms with E-state index in [2.05, 4.69) is 22.9 Å². The average molecular weight is 490 g/mol. The molecule has 1 N–H and O–H groups in total. The van der Waals surface area contributed by atoms with Gasteiger partial charge in [-0.25, -0.2) is 9.97 Å². The lowest BCUT2D eigenvalue weighted by molar-refractivity contribution is -0.137. The Balaban J connectivity index is 1.19. The van der Waals surface area contributed by atoms with E-state index in [1.807, 2.05) is 36.4 Å². The minimum Gasteiger partial charge on any atom is -0.494 e. The van der Waals surface area contributed by atoms with Crippen LogP contribution in [0.1, 0.15) is 49.7 Å². The number of nitrogens with zero attached hydrogens (tertiary/aromatic N) is 3. The predicted octanol–water partition coefficient (Wildman–Crippen LogP) is 5.06. The van der Waals surface area contributed by atoms with Crippen LogP contribution in [0.2, 0.25) is 0 Å². The summed E-state index contributed by atoms with van der Waals surface area (Å²) in [5.74, 6) is 2.41. The number of hydrogen-bond donors (Lipinski definition) is 1. The highest BCUT2D eigenvalue weighted by Gasteiger charge is 2.25. The van der Waals surface area contributed by atoms with Gasteiger partial charge >= 0.3 is 5.97 Å². The molecule has 0 amide bonds. The molecule has 8 heteroatoms. The van der Waals surface area contributed by atoms with Gasteiger partial charge in [-0.2, -0.15) is 0 Å². The second-order valence-corrected chi connectivity index (χ2v) is 9.19. The summed E-state index contributed by atoms with van der Waals surface area (Å²) in [6.07, 6.45) is 5.60. The number of aryl methyl sites for hydroxylation is 1. The van der Waals surface area contributed by atoms with Crippen molar-refractivity contribution in [3.63, 3.8) is 0 Å². The Morgan fingerprint density at radius 3 is 2.89 bits per heavy atom. The van der Waals surface area contributed by atoms with Gasteiger partial charge in [0.05, 0.1) is 18.7 Å². The molecule has 188 valence electrons. The van der Waals surface area contributed by atoms with E-state index in [0.717, 1.165) is 72.8 Å². The van der Waals surface area contributed by atoms with Crippen LogP contribution in [0.5, 0.6) is 17.2 Å². The molecule has 1 aromatic heterocycles. The highest BCUT2D eigenvalue weighted by atomic mass is 16.7. The van der Waals surface area contributed by atoms with Crippen LogP contribution in [0.3, 0.4) is 0 Å². The van der Waals surface area contributed by atoms with Gasteiger partial charge in [-0.3, -0.25) is 4.79 Å². The topological polar surface area (TPSA) is 94.0 Å². The van der Waals surface area contributed by atoms with Crippen molar-refractivity contribution in [3.05, 3.63) is 59.8 Å². The smallest absolute Gasteiger partial charge is 0.303 e. The fourth-order valence-corrected chi connectivity index (χ4v) is 4.94. The normalized spacial score (nSPS) is 15.5. The van der Waals surface area contributed by atoms with Crippen LogP contribution in [0.25, 0.3) is 11.3 Å². The standard InChI is InChI=1S/C28H31N3O5/c1-2-12-31(28-29-11-10-24(30-28)21-6-9-25-26(16-21)36-18-35-25)13-3-14-34-22-7-8-23-19(15-22)4-5-20(23)17-27(32)33/h6-11,15-16,20H,2-5,12-14,17-18H2,1H3,(H,32,33)/t20-/m0/s1. The first-order valence-corrected chi connectivity index (χ1v) is 12.6. The Bertz CT molecular complexity index is 1230. The van der Waals surface area contributed by atoms with E-state index >= 15 is 0 Å². The maximum absolute atomic E-state index is 11.1. The second kappa shape index (κ2) is 10.8. The Hall–Kier alpha value is -3.81. The fraction of sp³-hybridized carbons (Fsp3) is 0.393. The molecule has 0 saturated carbocycles. The third kappa shape index (κ3) is 5.37. The number of ether oxygens (including phenoxy) is 3. The number of aliphatic carboxylic acids is 1. The van der Waals surface area contributed by atoms with Crippen LogP contribution in [-0.2, 0) is 11.2 Å². The molecular formula is C28H31N3O5. The molecule has 5 rings (SSSR count). The second-order valence-electron chi connectivity index (χ2n) is 9.19. The van der Waals surface area contributed by atoms with Crippen LogP contribution < -0.4 is 19.1 Å². The van der Waals surface area contributed by atoms with Gasteiger partial charge in [-0.05, 0) is 79.1 Å². The summed E-state index contributed by atoms with van der Waals surface area (Å²) >= 11 is 0. The van der Waals surface area contributed by atoms with Crippen LogP contribution in [-0.4, -0.2) is 47.5 Å². The van der Waals surface area contributed by atoms with E-state index in [-0.39, 0.29) is 19.1 Å². The highest BCUT2D eigenvalue weighted by Crippen LogP contribution is 2.37. The molecule has 1 aliphatic heterocycles. The lowest BCUT2D eigenvalue weighted by atomic mass is 9.98. The van der Waals surface area contributed by atoms with E-state index in [9.17, 15) is 4.79 Å². The van der Waals surface area contributed by atoms with Gasteiger partial charge in [-0.15, -0.1) is 0 Å². The first-order chi connectivity index (χ1) is 17.6. The summed E-state index contributed by atoms with van der Waals surface area (Å²) in [6.45, 7) is 4.61. The van der Waals surface area contributed by atoms with E-state index in [1.54, 1.807) is 6.20 Å². The van der Waals surface area contributed by atoms with Gasteiger partial charge in [0.2, 0.25) is 12.7 Å². The van der Waals surface area contributed by atoms with Crippen molar-refractivity contribution in [1.82, 2.24) is 9.97 Å². The Morgan fingerprint density at radius 2 is 2.03 bits per heavy atom. The SMILES string of the molecule is CCCN(CCCOc1ccc2c(c1)CC[C@H]2CC(=O)O)c1nccc(-c2ccc3c(c2)OCO3)n1. The van der Waals surface area contributed by atoms with E-state index in [0.29, 0.717) is 12.6 Å². The summed E-state index contributed by atoms with van der Waals surface area (Å²) in [6, 6.07) is 13.8. The lowest BCUT2D eigenvalue weighted by Gasteiger charge is -2.22. The number of anilines is 1. The van der Waals surface area contributed by atoms with Crippen molar-refractivity contribution >= 4 is 11.9 Å². The summed E-state index contributed by atoms with van der Waals surface area (Å²) < 4.78 is 17.0. The minimum absolute atomic E-state index is 0.113. The lowest BCUT2D eigenvalue weighted by Crippen LogP contribution is -2.28. The molecule has 2 heterocycles. The van der Waals surface area contributed by atoms with Gasteiger partial charge in [0.15, 0.2) is 11.5 Å².